The SMILES string of the molecule is OCCCc1cccc(C(Cl)(Cl)Cl)c1. The van der Waals surface area contributed by atoms with E-state index >= 15 is 0 Å². The first-order chi connectivity index (χ1) is 6.54. The van der Waals surface area contributed by atoms with Crippen LogP contribution in [0.3, 0.4) is 0 Å². The molecule has 0 spiro atoms. The lowest BCUT2D eigenvalue weighted by molar-refractivity contribution is 0.288. The van der Waals surface area contributed by atoms with Gasteiger partial charge in [0.1, 0.15) is 0 Å². The molecule has 0 aromatic heterocycles. The van der Waals surface area contributed by atoms with Crippen LogP contribution < -0.4 is 0 Å². The second kappa shape index (κ2) is 5.22. The molecule has 0 saturated carbocycles. The molecule has 0 saturated heterocycles. The zero-order valence-electron chi connectivity index (χ0n) is 7.51. The molecule has 0 amide bonds. The Balaban J connectivity index is 2.79. The van der Waals surface area contributed by atoms with Gasteiger partial charge in [-0.1, -0.05) is 59.1 Å². The molecule has 4 heteroatoms. The minimum atomic E-state index is -1.37. The summed E-state index contributed by atoms with van der Waals surface area (Å²) in [5.74, 6) is 0. The van der Waals surface area contributed by atoms with E-state index in [-0.39, 0.29) is 6.61 Å². The Morgan fingerprint density at radius 1 is 1.21 bits per heavy atom. The molecule has 1 aromatic carbocycles. The summed E-state index contributed by atoms with van der Waals surface area (Å²) in [4.78, 5) is 0. The van der Waals surface area contributed by atoms with Crippen molar-refractivity contribution in [2.75, 3.05) is 6.61 Å². The molecule has 1 rings (SSSR count). The fourth-order valence-corrected chi connectivity index (χ4v) is 1.54. The Kier molecular flexibility index (Phi) is 4.52. The molecule has 1 N–H and O–H groups in total. The molecule has 14 heavy (non-hydrogen) atoms. The normalized spacial score (nSPS) is 11.7. The minimum absolute atomic E-state index is 0.179. The van der Waals surface area contributed by atoms with Crippen LogP contribution >= 0.6 is 34.8 Å². The van der Waals surface area contributed by atoms with Crippen LogP contribution in [0.5, 0.6) is 0 Å². The summed E-state index contributed by atoms with van der Waals surface area (Å²) >= 11 is 17.2. The fraction of sp³-hybridized carbons (Fsp3) is 0.400. The standard InChI is InChI=1S/C10H11Cl3O/c11-10(12,13)9-5-1-3-8(7-9)4-2-6-14/h1,3,5,7,14H,2,4,6H2. The van der Waals surface area contributed by atoms with Crippen LogP contribution in [0.25, 0.3) is 0 Å². The van der Waals surface area contributed by atoms with E-state index in [1.165, 1.54) is 0 Å². The molecule has 0 aliphatic carbocycles. The number of hydrogen-bond donors (Lipinski definition) is 1. The van der Waals surface area contributed by atoms with E-state index in [2.05, 4.69) is 0 Å². The van der Waals surface area contributed by atoms with Crippen molar-refractivity contribution in [1.82, 2.24) is 0 Å². The maximum atomic E-state index is 8.68. The van der Waals surface area contributed by atoms with E-state index in [1.54, 1.807) is 6.07 Å². The monoisotopic (exact) mass is 252 g/mol. The van der Waals surface area contributed by atoms with E-state index in [0.717, 1.165) is 18.4 Å². The topological polar surface area (TPSA) is 20.2 Å². The lowest BCUT2D eigenvalue weighted by atomic mass is 10.1. The Bertz CT molecular complexity index is 294. The second-order valence-corrected chi connectivity index (χ2v) is 5.31. The molecule has 0 aliphatic rings. The van der Waals surface area contributed by atoms with Gasteiger partial charge in [0, 0.05) is 12.2 Å². The van der Waals surface area contributed by atoms with Crippen molar-refractivity contribution < 1.29 is 5.11 Å². The van der Waals surface area contributed by atoms with Crippen LogP contribution in [0, 0.1) is 0 Å². The van der Waals surface area contributed by atoms with Gasteiger partial charge in [0.05, 0.1) is 0 Å². The highest BCUT2D eigenvalue weighted by atomic mass is 35.6. The third-order valence-corrected chi connectivity index (χ3v) is 2.53. The third kappa shape index (κ3) is 3.66. The van der Waals surface area contributed by atoms with E-state index in [0.29, 0.717) is 5.56 Å². The van der Waals surface area contributed by atoms with Gasteiger partial charge in [-0.2, -0.15) is 0 Å². The van der Waals surface area contributed by atoms with Gasteiger partial charge >= 0.3 is 0 Å². The summed E-state index contributed by atoms with van der Waals surface area (Å²) in [7, 11) is 0. The second-order valence-electron chi connectivity index (χ2n) is 3.03. The Morgan fingerprint density at radius 2 is 1.93 bits per heavy atom. The fourth-order valence-electron chi connectivity index (χ4n) is 1.19. The zero-order valence-corrected chi connectivity index (χ0v) is 9.78. The molecule has 0 fully saturated rings. The number of halogens is 3. The summed E-state index contributed by atoms with van der Waals surface area (Å²) in [5.41, 5.74) is 1.74. The Morgan fingerprint density at radius 3 is 2.50 bits per heavy atom. The van der Waals surface area contributed by atoms with E-state index in [9.17, 15) is 0 Å². The number of alkyl halides is 3. The molecule has 1 aromatic rings. The van der Waals surface area contributed by atoms with Gasteiger partial charge in [-0.05, 0) is 18.4 Å². The van der Waals surface area contributed by atoms with Gasteiger partial charge in [0.2, 0.25) is 3.79 Å². The molecule has 1 nitrogen and oxygen atoms in total. The van der Waals surface area contributed by atoms with Crippen molar-refractivity contribution in [3.05, 3.63) is 35.4 Å². The molecule has 0 heterocycles. The maximum absolute atomic E-state index is 8.68. The number of hydrogen-bond acceptors (Lipinski definition) is 1. The highest BCUT2D eigenvalue weighted by Gasteiger charge is 2.22. The predicted octanol–water partition coefficient (Wildman–Crippen LogP) is 3.44. The van der Waals surface area contributed by atoms with Crippen molar-refractivity contribution in [3.8, 4) is 0 Å². The van der Waals surface area contributed by atoms with Crippen LogP contribution in [0.4, 0.5) is 0 Å². The summed E-state index contributed by atoms with van der Waals surface area (Å²) in [6.45, 7) is 0.179. The third-order valence-electron chi connectivity index (χ3n) is 1.88. The van der Waals surface area contributed by atoms with Crippen molar-refractivity contribution in [2.45, 2.75) is 16.6 Å². The number of rotatable bonds is 3. The van der Waals surface area contributed by atoms with Crippen LogP contribution in [-0.4, -0.2) is 11.7 Å². The van der Waals surface area contributed by atoms with Gasteiger partial charge in [-0.3, -0.25) is 0 Å². The van der Waals surface area contributed by atoms with Gasteiger partial charge < -0.3 is 5.11 Å². The van der Waals surface area contributed by atoms with E-state index in [1.807, 2.05) is 18.2 Å². The number of aryl methyl sites for hydroxylation is 1. The maximum Gasteiger partial charge on any atom is 0.216 e. The van der Waals surface area contributed by atoms with E-state index in [4.69, 9.17) is 39.9 Å². The predicted molar refractivity (Wildman–Crippen MR) is 61.1 cm³/mol. The van der Waals surface area contributed by atoms with Gasteiger partial charge in [-0.25, -0.2) is 0 Å². The minimum Gasteiger partial charge on any atom is -0.396 e. The molecule has 0 aliphatic heterocycles. The summed E-state index contributed by atoms with van der Waals surface area (Å²) in [5, 5.41) is 8.68. The average molecular weight is 254 g/mol. The molecule has 0 unspecified atom stereocenters. The highest BCUT2D eigenvalue weighted by molar-refractivity contribution is 6.66. The van der Waals surface area contributed by atoms with E-state index < -0.39 is 3.79 Å². The van der Waals surface area contributed by atoms with Crippen LogP contribution in [0.1, 0.15) is 17.5 Å². The number of benzene rings is 1. The largest absolute Gasteiger partial charge is 0.396 e. The molecular formula is C10H11Cl3O. The summed E-state index contributed by atoms with van der Waals surface area (Å²) in [6.07, 6.45) is 1.52. The smallest absolute Gasteiger partial charge is 0.216 e. The number of aliphatic hydroxyl groups is 1. The Hall–Kier alpha value is 0.0500. The first-order valence-electron chi connectivity index (χ1n) is 4.31. The quantitative estimate of drug-likeness (QED) is 0.818. The summed E-state index contributed by atoms with van der Waals surface area (Å²) in [6, 6.07) is 7.43. The van der Waals surface area contributed by atoms with Crippen molar-refractivity contribution in [2.24, 2.45) is 0 Å². The molecular weight excluding hydrogens is 242 g/mol. The first-order valence-corrected chi connectivity index (χ1v) is 5.44. The first kappa shape index (κ1) is 12.1. The molecule has 78 valence electrons. The van der Waals surface area contributed by atoms with Crippen molar-refractivity contribution in [3.63, 3.8) is 0 Å². The molecule has 0 bridgehead atoms. The van der Waals surface area contributed by atoms with Gasteiger partial charge in [0.25, 0.3) is 0 Å². The Labute approximate surface area is 98.6 Å². The van der Waals surface area contributed by atoms with Crippen molar-refractivity contribution in [1.29, 1.82) is 0 Å². The molecule has 0 atom stereocenters. The lowest BCUT2D eigenvalue weighted by Gasteiger charge is -2.12. The number of aliphatic hydroxyl groups excluding tert-OH is 1. The van der Waals surface area contributed by atoms with Crippen LogP contribution in [0.2, 0.25) is 0 Å². The highest BCUT2D eigenvalue weighted by Crippen LogP contribution is 2.38. The average Bonchev–Trinajstić information content (AvgIpc) is 2.14. The van der Waals surface area contributed by atoms with Crippen LogP contribution in [0.15, 0.2) is 24.3 Å². The van der Waals surface area contributed by atoms with Gasteiger partial charge in [-0.15, -0.1) is 0 Å². The van der Waals surface area contributed by atoms with Crippen LogP contribution in [-0.2, 0) is 10.2 Å². The molecule has 0 radical (unpaired) electrons. The zero-order chi connectivity index (χ0) is 10.6. The van der Waals surface area contributed by atoms with Gasteiger partial charge in [0.15, 0.2) is 0 Å². The van der Waals surface area contributed by atoms with Crippen molar-refractivity contribution >= 4 is 34.8 Å². The summed E-state index contributed by atoms with van der Waals surface area (Å²) < 4.78 is -1.37. The lowest BCUT2D eigenvalue weighted by Crippen LogP contribution is -2.01.